The molecule has 7 rings (SSSR count). The molecule has 49 heavy (non-hydrogen) atoms. The van der Waals surface area contributed by atoms with Gasteiger partial charge >= 0.3 is 6.09 Å². The van der Waals surface area contributed by atoms with E-state index in [0.29, 0.717) is 25.5 Å². The minimum absolute atomic E-state index is 0.0536. The molecule has 2 aliphatic heterocycles. The van der Waals surface area contributed by atoms with Gasteiger partial charge in [0.2, 0.25) is 11.8 Å². The monoisotopic (exact) mass is 751 g/mol. The van der Waals surface area contributed by atoms with E-state index in [9.17, 15) is 28.7 Å². The first kappa shape index (κ1) is 32.8. The fourth-order valence-electron chi connectivity index (χ4n) is 8.24. The highest BCUT2D eigenvalue weighted by Gasteiger charge is 2.71. The summed E-state index contributed by atoms with van der Waals surface area (Å²) < 4.78 is 24.5. The number of fused-ring (bicyclic) bond motifs is 4. The van der Waals surface area contributed by atoms with Crippen LogP contribution in [0.2, 0.25) is 5.02 Å². The minimum Gasteiger partial charge on any atom is -0.504 e. The Balaban J connectivity index is 1.49. The number of carbonyl (C=O) groups excluding carboxylic acids is 5. The first-order chi connectivity index (χ1) is 23.4. The Bertz CT molecular complexity index is 1970. The van der Waals surface area contributed by atoms with Crippen LogP contribution in [-0.4, -0.2) is 59.0 Å². The van der Waals surface area contributed by atoms with Gasteiger partial charge in [-0.25, -0.2) is 9.18 Å². The number of halogens is 3. The fourth-order valence-corrected chi connectivity index (χ4v) is 8.82. The molecule has 3 fully saturated rings. The summed E-state index contributed by atoms with van der Waals surface area (Å²) in [6, 6.07) is 14.8. The largest absolute Gasteiger partial charge is 0.504 e. The van der Waals surface area contributed by atoms with Gasteiger partial charge in [-0.2, -0.15) is 9.91 Å². The number of anilines is 1. The number of allylic oxidation sites excluding steroid dienone is 2. The van der Waals surface area contributed by atoms with E-state index in [4.69, 9.17) is 21.1 Å². The van der Waals surface area contributed by atoms with E-state index in [1.165, 1.54) is 31.4 Å². The van der Waals surface area contributed by atoms with E-state index in [0.717, 1.165) is 12.1 Å². The molecule has 2 saturated heterocycles. The number of hydrogen-bond donors (Lipinski definition) is 2. The molecule has 0 bridgehead atoms. The van der Waals surface area contributed by atoms with E-state index in [1.807, 2.05) is 0 Å². The standard InChI is InChI=1S/C35H28BrClFN3O8/c1-48-26-14-17(36)13-24(29(26)42)28-21-11-12-22-27(32(45)40(30(22)43)34(47)49-2)23(21)15-25-31(44)41(39-20-9-7-19(38)8-10-20)33(46)35(25,28)16-3-5-18(37)6-4-16/h3-11,13-14,22-23,25,27-28,39,42H,12,15H2,1-2H3. The van der Waals surface area contributed by atoms with E-state index >= 15 is 4.79 Å². The number of likely N-dealkylation sites (tertiary alicyclic amines) is 1. The molecule has 6 atom stereocenters. The van der Waals surface area contributed by atoms with Gasteiger partial charge in [0, 0.05) is 21.0 Å². The molecule has 4 aliphatic rings. The summed E-state index contributed by atoms with van der Waals surface area (Å²) >= 11 is 9.80. The number of rotatable bonds is 5. The molecule has 2 heterocycles. The number of aromatic hydroxyl groups is 1. The highest BCUT2D eigenvalue weighted by Crippen LogP contribution is 2.65. The number of amides is 5. The Kier molecular flexibility index (Phi) is 8.02. The van der Waals surface area contributed by atoms with E-state index < -0.39 is 70.5 Å². The van der Waals surface area contributed by atoms with Gasteiger partial charge in [0.25, 0.3) is 11.8 Å². The predicted molar refractivity (Wildman–Crippen MR) is 176 cm³/mol. The molecule has 2 aliphatic carbocycles. The van der Waals surface area contributed by atoms with Crippen LogP contribution >= 0.6 is 27.5 Å². The van der Waals surface area contributed by atoms with Crippen LogP contribution in [0.3, 0.4) is 0 Å². The highest BCUT2D eigenvalue weighted by atomic mass is 79.9. The van der Waals surface area contributed by atoms with Crippen LogP contribution in [0.15, 0.2) is 76.8 Å². The zero-order chi connectivity index (χ0) is 34.9. The average Bonchev–Trinajstić information content (AvgIpc) is 3.47. The van der Waals surface area contributed by atoms with Gasteiger partial charge in [-0.3, -0.25) is 24.6 Å². The molecular weight excluding hydrogens is 725 g/mol. The Hall–Kier alpha value is -4.75. The second kappa shape index (κ2) is 12.0. The molecule has 2 N–H and O–H groups in total. The van der Waals surface area contributed by atoms with Crippen LogP contribution in [0.25, 0.3) is 0 Å². The van der Waals surface area contributed by atoms with Crippen molar-refractivity contribution in [2.75, 3.05) is 19.6 Å². The molecule has 3 aromatic carbocycles. The van der Waals surface area contributed by atoms with Crippen molar-refractivity contribution in [1.29, 1.82) is 0 Å². The molecule has 6 unspecified atom stereocenters. The van der Waals surface area contributed by atoms with Crippen molar-refractivity contribution in [2.45, 2.75) is 24.2 Å². The first-order valence-corrected chi connectivity index (χ1v) is 16.5. The Labute approximate surface area is 292 Å². The van der Waals surface area contributed by atoms with Gasteiger partial charge in [0.05, 0.1) is 43.1 Å². The van der Waals surface area contributed by atoms with Crippen molar-refractivity contribution >= 4 is 62.9 Å². The molecule has 14 heteroatoms. The third kappa shape index (κ3) is 4.77. The van der Waals surface area contributed by atoms with Gasteiger partial charge in [-0.15, -0.1) is 0 Å². The normalized spacial score (nSPS) is 27.4. The van der Waals surface area contributed by atoms with Crippen molar-refractivity contribution in [3.63, 3.8) is 0 Å². The number of hydrogen-bond acceptors (Lipinski definition) is 9. The zero-order valence-electron chi connectivity index (χ0n) is 26.0. The summed E-state index contributed by atoms with van der Waals surface area (Å²) in [5, 5.41) is 13.0. The van der Waals surface area contributed by atoms with E-state index in [2.05, 4.69) is 21.4 Å². The number of nitrogens with one attached hydrogen (secondary N) is 1. The van der Waals surface area contributed by atoms with Crippen LogP contribution in [0.5, 0.6) is 11.5 Å². The molecule has 3 aromatic rings. The number of ether oxygens (including phenoxy) is 2. The Morgan fingerprint density at radius 3 is 2.35 bits per heavy atom. The number of methoxy groups -OCH3 is 2. The maximum Gasteiger partial charge on any atom is 0.423 e. The third-order valence-corrected chi connectivity index (χ3v) is 10.9. The smallest absolute Gasteiger partial charge is 0.423 e. The SMILES string of the molecule is COC(=O)N1C(=O)C2CC=C3C(CC4C(=O)N(Nc5ccc(F)cc5)C(=O)C4(c4ccc(Cl)cc4)C3c3cc(Br)cc(OC)c3O)C2C1=O. The number of phenolic OH excluding ortho intramolecular Hbond substituents is 1. The van der Waals surface area contributed by atoms with Crippen molar-refractivity contribution in [1.82, 2.24) is 9.91 Å². The second-order valence-corrected chi connectivity index (χ2v) is 13.8. The summed E-state index contributed by atoms with van der Waals surface area (Å²) in [6.45, 7) is 0. The molecule has 0 spiro atoms. The molecule has 1 saturated carbocycles. The second-order valence-electron chi connectivity index (χ2n) is 12.4. The average molecular weight is 753 g/mol. The fraction of sp³-hybridized carbons (Fsp3) is 0.286. The number of hydrazine groups is 1. The van der Waals surface area contributed by atoms with Crippen molar-refractivity contribution in [3.05, 3.63) is 98.8 Å². The van der Waals surface area contributed by atoms with Crippen LogP contribution in [0.4, 0.5) is 14.9 Å². The lowest BCUT2D eigenvalue weighted by Crippen LogP contribution is -2.53. The van der Waals surface area contributed by atoms with E-state index in [1.54, 1.807) is 42.5 Å². The number of nitrogens with zero attached hydrogens (tertiary/aromatic N) is 2. The molecule has 5 amide bonds. The number of phenols is 1. The van der Waals surface area contributed by atoms with Crippen molar-refractivity contribution in [3.8, 4) is 11.5 Å². The first-order valence-electron chi connectivity index (χ1n) is 15.3. The predicted octanol–water partition coefficient (Wildman–Crippen LogP) is 5.71. The molecule has 0 aromatic heterocycles. The van der Waals surface area contributed by atoms with Gasteiger partial charge < -0.3 is 14.6 Å². The van der Waals surface area contributed by atoms with Crippen molar-refractivity contribution < 1.29 is 42.9 Å². The van der Waals surface area contributed by atoms with Crippen LogP contribution in [0.1, 0.15) is 29.9 Å². The third-order valence-electron chi connectivity index (χ3n) is 10.2. The molecule has 11 nitrogen and oxygen atoms in total. The zero-order valence-corrected chi connectivity index (χ0v) is 28.3. The summed E-state index contributed by atoms with van der Waals surface area (Å²) in [4.78, 5) is 70.2. The summed E-state index contributed by atoms with van der Waals surface area (Å²) in [6.07, 6.45) is 0.665. The Morgan fingerprint density at radius 2 is 1.69 bits per heavy atom. The minimum atomic E-state index is -1.72. The maximum absolute atomic E-state index is 15.2. The molecule has 0 radical (unpaired) electrons. The van der Waals surface area contributed by atoms with Crippen molar-refractivity contribution in [2.24, 2.45) is 23.7 Å². The Morgan fingerprint density at radius 1 is 1.00 bits per heavy atom. The summed E-state index contributed by atoms with van der Waals surface area (Å²) in [5.41, 5.74) is 2.59. The molecular formula is C35H28BrClFN3O8. The number of carbonyl (C=O) groups is 5. The summed E-state index contributed by atoms with van der Waals surface area (Å²) in [7, 11) is 2.45. The van der Waals surface area contributed by atoms with Crippen LogP contribution in [-0.2, 0) is 29.3 Å². The highest BCUT2D eigenvalue weighted by molar-refractivity contribution is 9.10. The van der Waals surface area contributed by atoms with Crippen LogP contribution < -0.4 is 10.2 Å². The summed E-state index contributed by atoms with van der Waals surface area (Å²) in [5.74, 6) is -8.48. The van der Waals surface area contributed by atoms with E-state index in [-0.39, 0.29) is 35.6 Å². The lowest BCUT2D eigenvalue weighted by Gasteiger charge is -2.50. The topological polar surface area (TPSA) is 143 Å². The van der Waals surface area contributed by atoms with Gasteiger partial charge in [0.1, 0.15) is 5.82 Å². The lowest BCUT2D eigenvalue weighted by atomic mass is 9.49. The lowest BCUT2D eigenvalue weighted by molar-refractivity contribution is -0.140. The number of imide groups is 4. The van der Waals surface area contributed by atoms with Gasteiger partial charge in [-0.1, -0.05) is 51.3 Å². The van der Waals surface area contributed by atoms with Gasteiger partial charge in [0.15, 0.2) is 11.5 Å². The number of benzene rings is 3. The molecule has 252 valence electrons. The van der Waals surface area contributed by atoms with Crippen LogP contribution in [0, 0.1) is 29.5 Å². The maximum atomic E-state index is 15.2. The van der Waals surface area contributed by atoms with Gasteiger partial charge in [-0.05, 0) is 72.9 Å². The quantitative estimate of drug-likeness (QED) is 0.248.